The standard InChI is InChI=1S/C9H11N5O2S/c10-9-8(2-1-4-11-9)17(15,16)13-6-7-3-5-12-14-7/h1-5,13H,6H2,(H2,10,11)(H,12,14). The zero-order valence-corrected chi connectivity index (χ0v) is 9.61. The van der Waals surface area contributed by atoms with Crippen molar-refractivity contribution in [2.45, 2.75) is 11.4 Å². The number of nitrogens with two attached hydrogens (primary N) is 1. The molecule has 0 unspecified atom stereocenters. The van der Waals surface area contributed by atoms with E-state index in [4.69, 9.17) is 5.73 Å². The summed E-state index contributed by atoms with van der Waals surface area (Å²) in [6.45, 7) is 0.122. The number of pyridine rings is 1. The third kappa shape index (κ3) is 2.60. The van der Waals surface area contributed by atoms with Crippen molar-refractivity contribution in [1.29, 1.82) is 0 Å². The van der Waals surface area contributed by atoms with Gasteiger partial charge in [-0.25, -0.2) is 18.1 Å². The number of anilines is 1. The molecule has 8 heteroatoms. The lowest BCUT2D eigenvalue weighted by Crippen LogP contribution is -2.24. The Labute approximate surface area is 98.1 Å². The number of nitrogens with zero attached hydrogens (tertiary/aromatic N) is 2. The van der Waals surface area contributed by atoms with Crippen LogP contribution in [0.2, 0.25) is 0 Å². The van der Waals surface area contributed by atoms with E-state index in [9.17, 15) is 8.42 Å². The number of H-pyrrole nitrogens is 1. The molecule has 0 saturated heterocycles. The molecule has 0 fully saturated rings. The Morgan fingerprint density at radius 3 is 2.82 bits per heavy atom. The summed E-state index contributed by atoms with van der Waals surface area (Å²) in [7, 11) is -3.65. The van der Waals surface area contributed by atoms with Gasteiger partial charge in [0.2, 0.25) is 10.0 Å². The summed E-state index contributed by atoms with van der Waals surface area (Å²) in [5, 5.41) is 6.37. The second-order valence-corrected chi connectivity index (χ2v) is 5.03. The maximum absolute atomic E-state index is 11.9. The largest absolute Gasteiger partial charge is 0.383 e. The Morgan fingerprint density at radius 1 is 1.35 bits per heavy atom. The van der Waals surface area contributed by atoms with E-state index in [0.29, 0.717) is 5.69 Å². The Balaban J connectivity index is 2.17. The van der Waals surface area contributed by atoms with Gasteiger partial charge in [0.05, 0.1) is 12.2 Å². The summed E-state index contributed by atoms with van der Waals surface area (Å²) in [6, 6.07) is 4.59. The fraction of sp³-hybridized carbons (Fsp3) is 0.111. The Bertz CT molecular complexity index is 594. The molecule has 2 aromatic heterocycles. The van der Waals surface area contributed by atoms with E-state index in [0.717, 1.165) is 0 Å². The van der Waals surface area contributed by atoms with Crippen molar-refractivity contribution in [3.63, 3.8) is 0 Å². The molecule has 0 atom stereocenters. The smallest absolute Gasteiger partial charge is 0.244 e. The fourth-order valence-electron chi connectivity index (χ4n) is 1.26. The second kappa shape index (κ2) is 4.52. The first-order valence-corrected chi connectivity index (χ1v) is 6.26. The molecule has 0 spiro atoms. The SMILES string of the molecule is Nc1ncccc1S(=O)(=O)NCc1ccn[nH]1. The van der Waals surface area contributed by atoms with E-state index in [1.165, 1.54) is 18.3 Å². The van der Waals surface area contributed by atoms with Crippen LogP contribution >= 0.6 is 0 Å². The number of rotatable bonds is 4. The van der Waals surface area contributed by atoms with Crippen LogP contribution in [-0.4, -0.2) is 23.6 Å². The van der Waals surface area contributed by atoms with Crippen molar-refractivity contribution in [3.05, 3.63) is 36.3 Å². The highest BCUT2D eigenvalue weighted by molar-refractivity contribution is 7.89. The van der Waals surface area contributed by atoms with Crippen LogP contribution in [0.3, 0.4) is 0 Å². The zero-order chi connectivity index (χ0) is 12.3. The monoisotopic (exact) mass is 253 g/mol. The van der Waals surface area contributed by atoms with Crippen LogP contribution in [0.25, 0.3) is 0 Å². The van der Waals surface area contributed by atoms with Crippen LogP contribution in [0, 0.1) is 0 Å². The Morgan fingerprint density at radius 2 is 2.18 bits per heavy atom. The molecule has 0 amide bonds. The van der Waals surface area contributed by atoms with E-state index in [-0.39, 0.29) is 17.3 Å². The third-order valence-corrected chi connectivity index (χ3v) is 3.55. The first-order valence-electron chi connectivity index (χ1n) is 4.78. The predicted molar refractivity (Wildman–Crippen MR) is 61.3 cm³/mol. The molecule has 0 radical (unpaired) electrons. The number of nitrogens with one attached hydrogen (secondary N) is 2. The predicted octanol–water partition coefficient (Wildman–Crippen LogP) is -0.135. The molecule has 0 bridgehead atoms. The van der Waals surface area contributed by atoms with Crippen LogP contribution in [0.1, 0.15) is 5.69 Å². The number of aromatic nitrogens is 3. The maximum atomic E-state index is 11.9. The molecule has 4 N–H and O–H groups in total. The minimum Gasteiger partial charge on any atom is -0.383 e. The first-order chi connectivity index (χ1) is 8.09. The Kier molecular flexibility index (Phi) is 3.07. The molecule has 0 aliphatic carbocycles. The highest BCUT2D eigenvalue weighted by Crippen LogP contribution is 2.14. The molecule has 7 nitrogen and oxygen atoms in total. The van der Waals surface area contributed by atoms with E-state index < -0.39 is 10.0 Å². The minimum atomic E-state index is -3.65. The molecular weight excluding hydrogens is 242 g/mol. The molecule has 2 aromatic rings. The van der Waals surface area contributed by atoms with Gasteiger partial charge in [-0.2, -0.15) is 5.10 Å². The van der Waals surface area contributed by atoms with Crippen LogP contribution in [0.4, 0.5) is 5.82 Å². The average molecular weight is 253 g/mol. The van der Waals surface area contributed by atoms with Gasteiger partial charge in [0.25, 0.3) is 0 Å². The van der Waals surface area contributed by atoms with Gasteiger partial charge in [0, 0.05) is 12.4 Å². The molecule has 0 aliphatic heterocycles. The quantitative estimate of drug-likeness (QED) is 0.702. The van der Waals surface area contributed by atoms with Gasteiger partial charge in [0.15, 0.2) is 0 Å². The zero-order valence-electron chi connectivity index (χ0n) is 8.79. The lowest BCUT2D eigenvalue weighted by molar-refractivity contribution is 0.580. The van der Waals surface area contributed by atoms with Crippen molar-refractivity contribution in [2.24, 2.45) is 0 Å². The van der Waals surface area contributed by atoms with Crippen molar-refractivity contribution in [3.8, 4) is 0 Å². The number of sulfonamides is 1. The van der Waals surface area contributed by atoms with Gasteiger partial charge in [-0.1, -0.05) is 0 Å². The number of aromatic amines is 1. The van der Waals surface area contributed by atoms with Gasteiger partial charge >= 0.3 is 0 Å². The molecule has 0 aromatic carbocycles. The van der Waals surface area contributed by atoms with E-state index in [1.807, 2.05) is 0 Å². The molecule has 2 heterocycles. The van der Waals surface area contributed by atoms with Crippen LogP contribution in [-0.2, 0) is 16.6 Å². The average Bonchev–Trinajstić information content (AvgIpc) is 2.80. The normalized spacial score (nSPS) is 11.5. The van der Waals surface area contributed by atoms with Crippen LogP contribution < -0.4 is 10.5 Å². The van der Waals surface area contributed by atoms with Crippen LogP contribution in [0.5, 0.6) is 0 Å². The van der Waals surface area contributed by atoms with Crippen molar-refractivity contribution in [1.82, 2.24) is 19.9 Å². The summed E-state index contributed by atoms with van der Waals surface area (Å²) in [5.41, 5.74) is 6.17. The fourth-order valence-corrected chi connectivity index (χ4v) is 2.35. The Hall–Kier alpha value is -1.93. The lowest BCUT2D eigenvalue weighted by atomic mass is 10.4. The summed E-state index contributed by atoms with van der Waals surface area (Å²) >= 11 is 0. The number of hydrogen-bond acceptors (Lipinski definition) is 5. The first kappa shape index (κ1) is 11.6. The van der Waals surface area contributed by atoms with Crippen molar-refractivity contribution in [2.75, 3.05) is 5.73 Å². The molecule has 0 aliphatic rings. The lowest BCUT2D eigenvalue weighted by Gasteiger charge is -2.06. The summed E-state index contributed by atoms with van der Waals surface area (Å²) in [4.78, 5) is 3.70. The molecule has 90 valence electrons. The molecule has 17 heavy (non-hydrogen) atoms. The highest BCUT2D eigenvalue weighted by atomic mass is 32.2. The van der Waals surface area contributed by atoms with E-state index >= 15 is 0 Å². The van der Waals surface area contributed by atoms with Gasteiger partial charge in [-0.3, -0.25) is 5.10 Å². The number of nitrogen functional groups attached to an aromatic ring is 1. The third-order valence-electron chi connectivity index (χ3n) is 2.10. The van der Waals surface area contributed by atoms with Crippen molar-refractivity contribution >= 4 is 15.8 Å². The van der Waals surface area contributed by atoms with Gasteiger partial charge < -0.3 is 5.73 Å². The van der Waals surface area contributed by atoms with Gasteiger partial charge in [-0.05, 0) is 18.2 Å². The van der Waals surface area contributed by atoms with E-state index in [2.05, 4.69) is 19.9 Å². The summed E-state index contributed by atoms with van der Waals surface area (Å²) in [5.74, 6) is -0.0235. The second-order valence-electron chi connectivity index (χ2n) is 3.29. The summed E-state index contributed by atoms with van der Waals surface area (Å²) < 4.78 is 26.2. The minimum absolute atomic E-state index is 0.0235. The maximum Gasteiger partial charge on any atom is 0.244 e. The highest BCUT2D eigenvalue weighted by Gasteiger charge is 2.17. The summed E-state index contributed by atoms with van der Waals surface area (Å²) in [6.07, 6.45) is 2.98. The van der Waals surface area contributed by atoms with Gasteiger partial charge in [-0.15, -0.1) is 0 Å². The van der Waals surface area contributed by atoms with Crippen LogP contribution in [0.15, 0.2) is 35.5 Å². The topological polar surface area (TPSA) is 114 Å². The molecule has 0 saturated carbocycles. The van der Waals surface area contributed by atoms with Gasteiger partial charge in [0.1, 0.15) is 10.7 Å². The number of hydrogen-bond donors (Lipinski definition) is 3. The van der Waals surface area contributed by atoms with E-state index in [1.54, 1.807) is 12.3 Å². The van der Waals surface area contributed by atoms with Crippen molar-refractivity contribution < 1.29 is 8.42 Å². The molecular formula is C9H11N5O2S. The molecule has 2 rings (SSSR count).